The molecule has 0 aliphatic carbocycles. The van der Waals surface area contributed by atoms with Crippen LogP contribution in [0.25, 0.3) is 0 Å². The highest BCUT2D eigenvalue weighted by atomic mass is 127. The van der Waals surface area contributed by atoms with Gasteiger partial charge in [0.1, 0.15) is 0 Å². The summed E-state index contributed by atoms with van der Waals surface area (Å²) < 4.78 is 0. The summed E-state index contributed by atoms with van der Waals surface area (Å²) in [7, 11) is 3.38. The molecule has 172 valence electrons. The van der Waals surface area contributed by atoms with Gasteiger partial charge in [-0.15, -0.1) is 24.0 Å². The van der Waals surface area contributed by atoms with Gasteiger partial charge in [0.05, 0.1) is 6.42 Å². The van der Waals surface area contributed by atoms with E-state index in [-0.39, 0.29) is 35.8 Å². The van der Waals surface area contributed by atoms with Gasteiger partial charge in [0.15, 0.2) is 5.96 Å². The van der Waals surface area contributed by atoms with Crippen LogP contribution in [0.2, 0.25) is 5.02 Å². The summed E-state index contributed by atoms with van der Waals surface area (Å²) >= 11 is 6.02. The van der Waals surface area contributed by atoms with Crippen molar-refractivity contribution in [2.45, 2.75) is 13.0 Å². The van der Waals surface area contributed by atoms with Gasteiger partial charge in [-0.2, -0.15) is 0 Å². The fourth-order valence-corrected chi connectivity index (χ4v) is 3.75. The van der Waals surface area contributed by atoms with E-state index in [1.807, 2.05) is 53.4 Å². The second-order valence-electron chi connectivity index (χ2n) is 7.35. The number of nitrogens with zero attached hydrogens (tertiary/aromatic N) is 3. The fraction of sp³-hybridized carbons (Fsp3) is 0.348. The lowest BCUT2D eigenvalue weighted by Gasteiger charge is -2.36. The maximum Gasteiger partial charge on any atom is 0.251 e. The van der Waals surface area contributed by atoms with Crippen LogP contribution in [-0.4, -0.2) is 67.8 Å². The third-order valence-corrected chi connectivity index (χ3v) is 5.52. The number of benzene rings is 2. The van der Waals surface area contributed by atoms with Crippen LogP contribution in [0, 0.1) is 0 Å². The van der Waals surface area contributed by atoms with Gasteiger partial charge in [0.25, 0.3) is 5.91 Å². The molecule has 0 aromatic heterocycles. The summed E-state index contributed by atoms with van der Waals surface area (Å²) in [4.78, 5) is 32.7. The number of aliphatic imine (C=N–C) groups is 1. The van der Waals surface area contributed by atoms with Crippen molar-refractivity contribution >= 4 is 53.4 Å². The van der Waals surface area contributed by atoms with Crippen LogP contribution in [0.5, 0.6) is 0 Å². The molecule has 2 aromatic rings. The normalized spacial score (nSPS) is 13.9. The highest BCUT2D eigenvalue weighted by Gasteiger charge is 2.23. The lowest BCUT2D eigenvalue weighted by atomic mass is 10.1. The SMILES string of the molecule is CN=C(NCc1ccc(C(=O)NC)cc1)N1CCN(C(=O)Cc2cccc(Cl)c2)CC1.I. The van der Waals surface area contributed by atoms with Crippen LogP contribution in [-0.2, 0) is 17.8 Å². The first kappa shape index (κ1) is 25.9. The molecule has 0 saturated carbocycles. The predicted molar refractivity (Wildman–Crippen MR) is 139 cm³/mol. The molecular formula is C23H29ClIN5O2. The molecule has 32 heavy (non-hydrogen) atoms. The van der Waals surface area contributed by atoms with Crippen molar-refractivity contribution in [3.05, 3.63) is 70.2 Å². The van der Waals surface area contributed by atoms with Crippen molar-refractivity contribution in [3.8, 4) is 0 Å². The lowest BCUT2D eigenvalue weighted by Crippen LogP contribution is -2.53. The Labute approximate surface area is 211 Å². The molecule has 2 aromatic carbocycles. The van der Waals surface area contributed by atoms with Gasteiger partial charge >= 0.3 is 0 Å². The molecule has 1 aliphatic heterocycles. The Morgan fingerprint density at radius 2 is 1.66 bits per heavy atom. The summed E-state index contributed by atoms with van der Waals surface area (Å²) in [5, 5.41) is 6.63. The fourth-order valence-electron chi connectivity index (χ4n) is 3.53. The predicted octanol–water partition coefficient (Wildman–Crippen LogP) is 2.78. The van der Waals surface area contributed by atoms with Gasteiger partial charge in [-0.3, -0.25) is 14.6 Å². The molecule has 1 saturated heterocycles. The quantitative estimate of drug-likeness (QED) is 0.330. The van der Waals surface area contributed by atoms with Crippen molar-refractivity contribution in [3.63, 3.8) is 0 Å². The molecule has 0 unspecified atom stereocenters. The molecule has 0 atom stereocenters. The first-order chi connectivity index (χ1) is 15.0. The van der Waals surface area contributed by atoms with Crippen molar-refractivity contribution in [1.29, 1.82) is 0 Å². The Morgan fingerprint density at radius 3 is 2.25 bits per heavy atom. The largest absolute Gasteiger partial charge is 0.355 e. The van der Waals surface area contributed by atoms with E-state index in [4.69, 9.17) is 11.6 Å². The van der Waals surface area contributed by atoms with Gasteiger partial charge in [0.2, 0.25) is 5.91 Å². The number of hydrogen-bond donors (Lipinski definition) is 2. The topological polar surface area (TPSA) is 77.0 Å². The minimum Gasteiger partial charge on any atom is -0.355 e. The van der Waals surface area contributed by atoms with Crippen LogP contribution in [0.4, 0.5) is 0 Å². The van der Waals surface area contributed by atoms with Crippen LogP contribution >= 0.6 is 35.6 Å². The van der Waals surface area contributed by atoms with Gasteiger partial charge in [-0.1, -0.05) is 35.9 Å². The first-order valence-electron chi connectivity index (χ1n) is 10.3. The Kier molecular flexibility index (Phi) is 10.2. The number of nitrogens with one attached hydrogen (secondary N) is 2. The second kappa shape index (κ2) is 12.6. The standard InChI is InChI=1S/C23H28ClN5O2.HI/c1-25-22(31)19-8-6-17(7-9-19)16-27-23(26-2)29-12-10-28(11-13-29)21(30)15-18-4-3-5-20(24)14-18;/h3-9,14H,10-13,15-16H2,1-2H3,(H,25,31)(H,26,27);1H. The average molecular weight is 570 g/mol. The van der Waals surface area contributed by atoms with E-state index >= 15 is 0 Å². The number of rotatable bonds is 5. The minimum atomic E-state index is -0.0990. The van der Waals surface area contributed by atoms with Crippen molar-refractivity contribution < 1.29 is 9.59 Å². The molecular weight excluding hydrogens is 541 g/mol. The van der Waals surface area contributed by atoms with E-state index < -0.39 is 0 Å². The van der Waals surface area contributed by atoms with Crippen LogP contribution in [0.15, 0.2) is 53.5 Å². The smallest absolute Gasteiger partial charge is 0.251 e. The number of piperazine rings is 1. The lowest BCUT2D eigenvalue weighted by molar-refractivity contribution is -0.131. The van der Waals surface area contributed by atoms with E-state index in [0.717, 1.165) is 30.2 Å². The zero-order valence-corrected chi connectivity index (χ0v) is 21.4. The molecule has 2 amide bonds. The number of amides is 2. The third-order valence-electron chi connectivity index (χ3n) is 5.28. The van der Waals surface area contributed by atoms with Crippen LogP contribution in [0.3, 0.4) is 0 Å². The highest BCUT2D eigenvalue weighted by Crippen LogP contribution is 2.13. The molecule has 0 bridgehead atoms. The minimum absolute atomic E-state index is 0. The van der Waals surface area contributed by atoms with E-state index in [9.17, 15) is 9.59 Å². The first-order valence-corrected chi connectivity index (χ1v) is 10.7. The highest BCUT2D eigenvalue weighted by molar-refractivity contribution is 14.0. The molecule has 9 heteroatoms. The number of hydrogen-bond acceptors (Lipinski definition) is 3. The van der Waals surface area contributed by atoms with Crippen LogP contribution in [0.1, 0.15) is 21.5 Å². The molecule has 1 aliphatic rings. The summed E-state index contributed by atoms with van der Waals surface area (Å²) in [6.45, 7) is 3.35. The summed E-state index contributed by atoms with van der Waals surface area (Å²) in [5.41, 5.74) is 2.62. The molecule has 2 N–H and O–H groups in total. The molecule has 3 rings (SSSR count). The zero-order chi connectivity index (χ0) is 22.2. The monoisotopic (exact) mass is 569 g/mol. The number of guanidine groups is 1. The number of halogens is 2. The zero-order valence-electron chi connectivity index (χ0n) is 18.3. The van der Waals surface area contributed by atoms with Gasteiger partial charge in [-0.05, 0) is 35.4 Å². The van der Waals surface area contributed by atoms with Gasteiger partial charge in [0, 0.05) is 57.4 Å². The number of carbonyl (C=O) groups is 2. The van der Waals surface area contributed by atoms with Gasteiger partial charge in [-0.25, -0.2) is 0 Å². The van der Waals surface area contributed by atoms with Crippen molar-refractivity contribution in [2.24, 2.45) is 4.99 Å². The van der Waals surface area contributed by atoms with Crippen LogP contribution < -0.4 is 10.6 Å². The molecule has 1 fully saturated rings. The van der Waals surface area contributed by atoms with Gasteiger partial charge < -0.3 is 20.4 Å². The van der Waals surface area contributed by atoms with E-state index in [1.165, 1.54) is 0 Å². The molecule has 7 nitrogen and oxygen atoms in total. The van der Waals surface area contributed by atoms with E-state index in [2.05, 4.69) is 20.5 Å². The summed E-state index contributed by atoms with van der Waals surface area (Å²) in [6.07, 6.45) is 0.361. The second-order valence-corrected chi connectivity index (χ2v) is 7.79. The third kappa shape index (κ3) is 7.09. The van der Waals surface area contributed by atoms with Crippen molar-refractivity contribution in [1.82, 2.24) is 20.4 Å². The average Bonchev–Trinajstić information content (AvgIpc) is 2.79. The Morgan fingerprint density at radius 1 is 1.00 bits per heavy atom. The molecule has 0 spiro atoms. The van der Waals surface area contributed by atoms with E-state index in [1.54, 1.807) is 14.1 Å². The maximum absolute atomic E-state index is 12.6. The Balaban J connectivity index is 0.00000363. The Bertz CT molecular complexity index is 944. The summed E-state index contributed by atoms with van der Waals surface area (Å²) in [5.74, 6) is 0.816. The van der Waals surface area contributed by atoms with E-state index in [0.29, 0.717) is 36.6 Å². The maximum atomic E-state index is 12.6. The number of carbonyl (C=O) groups excluding carboxylic acids is 2. The van der Waals surface area contributed by atoms with Crippen molar-refractivity contribution in [2.75, 3.05) is 40.3 Å². The molecule has 0 radical (unpaired) electrons. The molecule has 1 heterocycles. The Hall–Kier alpha value is -2.33. The summed E-state index contributed by atoms with van der Waals surface area (Å²) in [6, 6.07) is 14.9.